The number of hydrogen-bond donors (Lipinski definition) is 1. The fraction of sp³-hybridized carbons (Fsp3) is 0.625. The number of ether oxygens (including phenoxy) is 2. The molecule has 1 fully saturated rings. The van der Waals surface area contributed by atoms with Crippen molar-refractivity contribution in [2.75, 3.05) is 34.4 Å². The summed E-state index contributed by atoms with van der Waals surface area (Å²) in [7, 11) is 5.46. The molecule has 1 aliphatic rings. The summed E-state index contributed by atoms with van der Waals surface area (Å²) in [6.45, 7) is 3.13. The normalized spacial score (nSPS) is 19.9. The van der Waals surface area contributed by atoms with Gasteiger partial charge in [0, 0.05) is 24.7 Å². The van der Waals surface area contributed by atoms with Gasteiger partial charge < -0.3 is 14.8 Å². The van der Waals surface area contributed by atoms with E-state index in [1.54, 1.807) is 14.2 Å². The van der Waals surface area contributed by atoms with E-state index < -0.39 is 0 Å². The summed E-state index contributed by atoms with van der Waals surface area (Å²) in [5.41, 5.74) is 1.20. The van der Waals surface area contributed by atoms with Crippen LogP contribution in [0.15, 0.2) is 18.2 Å². The van der Waals surface area contributed by atoms with Crippen LogP contribution in [-0.4, -0.2) is 45.3 Å². The molecule has 0 radical (unpaired) electrons. The van der Waals surface area contributed by atoms with Crippen LogP contribution in [0.25, 0.3) is 0 Å². The van der Waals surface area contributed by atoms with Crippen LogP contribution in [0.5, 0.6) is 11.5 Å². The summed E-state index contributed by atoms with van der Waals surface area (Å²) in [5.74, 6) is 1.84. The predicted octanol–water partition coefficient (Wildman–Crippen LogP) is 2.28. The van der Waals surface area contributed by atoms with Gasteiger partial charge in [0.2, 0.25) is 0 Å². The molecule has 1 unspecified atom stereocenters. The highest BCUT2D eigenvalue weighted by molar-refractivity contribution is 5.40. The van der Waals surface area contributed by atoms with Gasteiger partial charge in [0.1, 0.15) is 11.5 Å². The van der Waals surface area contributed by atoms with Crippen molar-refractivity contribution in [3.63, 3.8) is 0 Å². The highest BCUT2D eigenvalue weighted by Gasteiger charge is 2.22. The van der Waals surface area contributed by atoms with E-state index in [2.05, 4.69) is 16.3 Å². The maximum Gasteiger partial charge on any atom is 0.123 e. The lowest BCUT2D eigenvalue weighted by Crippen LogP contribution is -2.44. The average molecular weight is 278 g/mol. The number of benzene rings is 1. The van der Waals surface area contributed by atoms with E-state index in [4.69, 9.17) is 9.47 Å². The molecule has 1 aromatic carbocycles. The Balaban J connectivity index is 2.14. The van der Waals surface area contributed by atoms with E-state index in [-0.39, 0.29) is 0 Å². The standard InChI is InChI=1S/C16H26N2O2/c1-17-11-14-6-4-5-9-18(14)12-13-10-15(19-2)7-8-16(13)20-3/h7-8,10,14,17H,4-6,9,11-12H2,1-3H3. The molecule has 1 heterocycles. The topological polar surface area (TPSA) is 33.7 Å². The Morgan fingerprint density at radius 3 is 2.80 bits per heavy atom. The summed E-state index contributed by atoms with van der Waals surface area (Å²) in [6.07, 6.45) is 3.89. The molecule has 1 N–H and O–H groups in total. The van der Waals surface area contributed by atoms with Crippen molar-refractivity contribution in [1.29, 1.82) is 0 Å². The summed E-state index contributed by atoms with van der Waals surface area (Å²) in [4.78, 5) is 2.55. The molecular formula is C16H26N2O2. The fourth-order valence-electron chi connectivity index (χ4n) is 2.96. The van der Waals surface area contributed by atoms with Crippen LogP contribution in [0.4, 0.5) is 0 Å². The molecule has 4 heteroatoms. The smallest absolute Gasteiger partial charge is 0.123 e. The van der Waals surface area contributed by atoms with Gasteiger partial charge >= 0.3 is 0 Å². The Bertz CT molecular complexity index is 421. The summed E-state index contributed by atoms with van der Waals surface area (Å²) < 4.78 is 10.8. The molecule has 2 rings (SSSR count). The number of nitrogens with one attached hydrogen (secondary N) is 1. The number of rotatable bonds is 6. The molecule has 0 aromatic heterocycles. The van der Waals surface area contributed by atoms with Crippen LogP contribution in [0.2, 0.25) is 0 Å². The first kappa shape index (κ1) is 15.1. The molecule has 0 spiro atoms. The lowest BCUT2D eigenvalue weighted by molar-refractivity contribution is 0.138. The van der Waals surface area contributed by atoms with E-state index >= 15 is 0 Å². The van der Waals surface area contributed by atoms with Crippen LogP contribution in [0, 0.1) is 0 Å². The lowest BCUT2D eigenvalue weighted by atomic mass is 10.0. The molecule has 0 bridgehead atoms. The molecule has 1 aromatic rings. The zero-order valence-corrected chi connectivity index (χ0v) is 12.8. The van der Waals surface area contributed by atoms with Gasteiger partial charge in [-0.2, -0.15) is 0 Å². The molecule has 0 saturated carbocycles. The third-order valence-corrected chi connectivity index (χ3v) is 4.05. The number of piperidine rings is 1. The van der Waals surface area contributed by atoms with Crippen LogP contribution < -0.4 is 14.8 Å². The maximum atomic E-state index is 5.48. The number of methoxy groups -OCH3 is 2. The molecule has 1 saturated heterocycles. The van der Waals surface area contributed by atoms with E-state index in [0.717, 1.165) is 31.1 Å². The van der Waals surface area contributed by atoms with Gasteiger partial charge in [-0.1, -0.05) is 6.42 Å². The zero-order valence-electron chi connectivity index (χ0n) is 12.8. The van der Waals surface area contributed by atoms with Crippen LogP contribution in [-0.2, 0) is 6.54 Å². The quantitative estimate of drug-likeness (QED) is 0.865. The minimum absolute atomic E-state index is 0.615. The van der Waals surface area contributed by atoms with E-state index in [9.17, 15) is 0 Å². The summed E-state index contributed by atoms with van der Waals surface area (Å²) in [5, 5.41) is 3.31. The van der Waals surface area contributed by atoms with Gasteiger partial charge in [0.15, 0.2) is 0 Å². The molecule has 1 atom stereocenters. The summed E-state index contributed by atoms with van der Waals surface area (Å²) >= 11 is 0. The Hall–Kier alpha value is -1.26. The number of likely N-dealkylation sites (N-methyl/N-ethyl adjacent to an activating group) is 1. The zero-order chi connectivity index (χ0) is 14.4. The highest BCUT2D eigenvalue weighted by Crippen LogP contribution is 2.27. The Kier molecular flexibility index (Phi) is 5.68. The van der Waals surface area contributed by atoms with E-state index in [0.29, 0.717) is 6.04 Å². The fourth-order valence-corrected chi connectivity index (χ4v) is 2.96. The molecule has 0 aliphatic carbocycles. The first-order valence-electron chi connectivity index (χ1n) is 7.38. The average Bonchev–Trinajstić information content (AvgIpc) is 2.49. The lowest BCUT2D eigenvalue weighted by Gasteiger charge is -2.36. The number of likely N-dealkylation sites (tertiary alicyclic amines) is 1. The molecule has 112 valence electrons. The molecule has 20 heavy (non-hydrogen) atoms. The van der Waals surface area contributed by atoms with Gasteiger partial charge in [-0.25, -0.2) is 0 Å². The molecular weight excluding hydrogens is 252 g/mol. The van der Waals surface area contributed by atoms with Crippen LogP contribution in [0.3, 0.4) is 0 Å². The SMILES string of the molecule is CNCC1CCCCN1Cc1cc(OC)ccc1OC. The highest BCUT2D eigenvalue weighted by atomic mass is 16.5. The molecule has 4 nitrogen and oxygen atoms in total. The van der Waals surface area contributed by atoms with Crippen molar-refractivity contribution in [1.82, 2.24) is 10.2 Å². The van der Waals surface area contributed by atoms with Gasteiger partial charge in [0.05, 0.1) is 14.2 Å². The maximum absolute atomic E-state index is 5.48. The van der Waals surface area contributed by atoms with Crippen LogP contribution in [0.1, 0.15) is 24.8 Å². The predicted molar refractivity (Wildman–Crippen MR) is 81.5 cm³/mol. The van der Waals surface area contributed by atoms with Crippen molar-refractivity contribution >= 4 is 0 Å². The minimum atomic E-state index is 0.615. The third-order valence-electron chi connectivity index (χ3n) is 4.05. The second-order valence-corrected chi connectivity index (χ2v) is 5.36. The van der Waals surface area contributed by atoms with Gasteiger partial charge in [-0.05, 0) is 44.6 Å². The Labute approximate surface area is 122 Å². The number of hydrogen-bond acceptors (Lipinski definition) is 4. The first-order chi connectivity index (χ1) is 9.78. The second-order valence-electron chi connectivity index (χ2n) is 5.36. The second kappa shape index (κ2) is 7.50. The number of nitrogens with zero attached hydrogens (tertiary/aromatic N) is 1. The van der Waals surface area contributed by atoms with Gasteiger partial charge in [-0.15, -0.1) is 0 Å². The van der Waals surface area contributed by atoms with Crippen molar-refractivity contribution in [3.05, 3.63) is 23.8 Å². The van der Waals surface area contributed by atoms with Gasteiger partial charge in [0.25, 0.3) is 0 Å². The van der Waals surface area contributed by atoms with Gasteiger partial charge in [-0.3, -0.25) is 4.90 Å². The molecule has 1 aliphatic heterocycles. The van der Waals surface area contributed by atoms with E-state index in [1.807, 2.05) is 19.2 Å². The van der Waals surface area contributed by atoms with Crippen molar-refractivity contribution in [2.45, 2.75) is 31.8 Å². The summed E-state index contributed by atoms with van der Waals surface area (Å²) in [6, 6.07) is 6.64. The monoisotopic (exact) mass is 278 g/mol. The Morgan fingerprint density at radius 2 is 2.10 bits per heavy atom. The van der Waals surface area contributed by atoms with Crippen LogP contribution >= 0.6 is 0 Å². The van der Waals surface area contributed by atoms with Crippen molar-refractivity contribution in [3.8, 4) is 11.5 Å². The third kappa shape index (κ3) is 3.64. The Morgan fingerprint density at radius 1 is 1.25 bits per heavy atom. The van der Waals surface area contributed by atoms with E-state index in [1.165, 1.54) is 24.8 Å². The largest absolute Gasteiger partial charge is 0.497 e. The minimum Gasteiger partial charge on any atom is -0.497 e. The van der Waals surface area contributed by atoms with Crippen molar-refractivity contribution < 1.29 is 9.47 Å². The first-order valence-corrected chi connectivity index (χ1v) is 7.38. The van der Waals surface area contributed by atoms with Crippen molar-refractivity contribution in [2.24, 2.45) is 0 Å². The molecule has 0 amide bonds.